The highest BCUT2D eigenvalue weighted by atomic mass is 16.5. The lowest BCUT2D eigenvalue weighted by molar-refractivity contribution is 0.0950. The van der Waals surface area contributed by atoms with Gasteiger partial charge in [0.15, 0.2) is 0 Å². The molecule has 0 bridgehead atoms. The third-order valence-electron chi connectivity index (χ3n) is 3.90. The van der Waals surface area contributed by atoms with Crippen molar-refractivity contribution in [3.63, 3.8) is 0 Å². The molecule has 0 atom stereocenters. The number of benzene rings is 2. The minimum absolute atomic E-state index is 0.347. The second kappa shape index (κ2) is 8.80. The van der Waals surface area contributed by atoms with Crippen LogP contribution in [0.2, 0.25) is 0 Å². The molecule has 0 saturated heterocycles. The van der Waals surface area contributed by atoms with Gasteiger partial charge in [-0.1, -0.05) is 36.8 Å². The summed E-state index contributed by atoms with van der Waals surface area (Å²) >= 11 is 0. The van der Waals surface area contributed by atoms with Crippen molar-refractivity contribution in [3.8, 4) is 17.0 Å². The van der Waals surface area contributed by atoms with E-state index < -0.39 is 0 Å². The molecule has 6 heteroatoms. The Morgan fingerprint density at radius 1 is 1.19 bits per heavy atom. The molecule has 0 fully saturated rings. The summed E-state index contributed by atoms with van der Waals surface area (Å²) in [6.45, 7) is 4.78. The van der Waals surface area contributed by atoms with Crippen LogP contribution < -0.4 is 10.2 Å². The van der Waals surface area contributed by atoms with Crippen molar-refractivity contribution in [2.75, 3.05) is 6.61 Å². The molecular formula is C21H22N4O2. The highest BCUT2D eigenvalue weighted by molar-refractivity contribution is 5.94. The normalized spacial score (nSPS) is 10.9. The van der Waals surface area contributed by atoms with Gasteiger partial charge in [-0.25, -0.2) is 5.43 Å². The fourth-order valence-corrected chi connectivity index (χ4v) is 2.41. The number of carbonyl (C=O) groups is 1. The second-order valence-corrected chi connectivity index (χ2v) is 6.15. The van der Waals surface area contributed by atoms with Gasteiger partial charge in [0.25, 0.3) is 5.91 Å². The number of aromatic amines is 1. The van der Waals surface area contributed by atoms with E-state index in [0.717, 1.165) is 23.3 Å². The molecule has 0 unspecified atom stereocenters. The maximum absolute atomic E-state index is 12.2. The van der Waals surface area contributed by atoms with Crippen molar-refractivity contribution in [1.29, 1.82) is 0 Å². The van der Waals surface area contributed by atoms with E-state index in [9.17, 15) is 4.79 Å². The lowest BCUT2D eigenvalue weighted by Crippen LogP contribution is -2.17. The molecule has 1 aromatic heterocycles. The van der Waals surface area contributed by atoms with Crippen LogP contribution in [0, 0.1) is 6.92 Å². The monoisotopic (exact) mass is 362 g/mol. The van der Waals surface area contributed by atoms with E-state index in [1.807, 2.05) is 55.5 Å². The second-order valence-electron chi connectivity index (χ2n) is 6.15. The van der Waals surface area contributed by atoms with Crippen LogP contribution in [-0.4, -0.2) is 28.9 Å². The predicted molar refractivity (Wildman–Crippen MR) is 106 cm³/mol. The van der Waals surface area contributed by atoms with Crippen molar-refractivity contribution in [3.05, 3.63) is 71.4 Å². The maximum Gasteiger partial charge on any atom is 0.289 e. The van der Waals surface area contributed by atoms with E-state index in [-0.39, 0.29) is 5.91 Å². The van der Waals surface area contributed by atoms with Crippen LogP contribution in [-0.2, 0) is 0 Å². The molecule has 0 aliphatic carbocycles. The molecule has 6 nitrogen and oxygen atoms in total. The first-order chi connectivity index (χ1) is 13.2. The van der Waals surface area contributed by atoms with Gasteiger partial charge in [-0.3, -0.25) is 9.89 Å². The number of hydrogen-bond acceptors (Lipinski definition) is 4. The average Bonchev–Trinajstić information content (AvgIpc) is 3.18. The zero-order valence-corrected chi connectivity index (χ0v) is 15.4. The number of carbonyl (C=O) groups excluding carboxylic acids is 1. The Bertz CT molecular complexity index is 912. The summed E-state index contributed by atoms with van der Waals surface area (Å²) in [7, 11) is 0. The Morgan fingerprint density at radius 2 is 1.93 bits per heavy atom. The van der Waals surface area contributed by atoms with Crippen LogP contribution in [0.5, 0.6) is 5.75 Å². The van der Waals surface area contributed by atoms with Crippen LogP contribution in [0.15, 0.2) is 59.7 Å². The van der Waals surface area contributed by atoms with Gasteiger partial charge in [0, 0.05) is 5.56 Å². The molecule has 27 heavy (non-hydrogen) atoms. The van der Waals surface area contributed by atoms with Crippen LogP contribution in [0.1, 0.15) is 35.0 Å². The lowest BCUT2D eigenvalue weighted by atomic mass is 10.1. The molecule has 2 aromatic carbocycles. The maximum atomic E-state index is 12.2. The summed E-state index contributed by atoms with van der Waals surface area (Å²) in [6.07, 6.45) is 2.55. The molecular weight excluding hydrogens is 340 g/mol. The molecule has 0 aliphatic rings. The average molecular weight is 362 g/mol. The molecule has 1 heterocycles. The zero-order valence-electron chi connectivity index (χ0n) is 15.4. The van der Waals surface area contributed by atoms with Crippen molar-refractivity contribution < 1.29 is 9.53 Å². The molecule has 138 valence electrons. The van der Waals surface area contributed by atoms with E-state index in [1.165, 1.54) is 5.56 Å². The molecule has 3 rings (SSSR count). The quantitative estimate of drug-likeness (QED) is 0.493. The number of nitrogens with zero attached hydrogens (tertiary/aromatic N) is 2. The molecule has 0 aliphatic heterocycles. The van der Waals surface area contributed by atoms with Gasteiger partial charge >= 0.3 is 0 Å². The number of H-pyrrole nitrogens is 1. The molecule has 0 spiro atoms. The van der Waals surface area contributed by atoms with Gasteiger partial charge in [-0.2, -0.15) is 10.2 Å². The number of hydrazone groups is 1. The highest BCUT2D eigenvalue weighted by Crippen LogP contribution is 2.18. The van der Waals surface area contributed by atoms with Gasteiger partial charge in [0.2, 0.25) is 0 Å². The summed E-state index contributed by atoms with van der Waals surface area (Å²) < 4.78 is 5.53. The van der Waals surface area contributed by atoms with E-state index in [4.69, 9.17) is 4.74 Å². The largest absolute Gasteiger partial charge is 0.494 e. The molecule has 0 saturated carbocycles. The van der Waals surface area contributed by atoms with Crippen molar-refractivity contribution in [1.82, 2.24) is 15.6 Å². The third-order valence-corrected chi connectivity index (χ3v) is 3.90. The summed E-state index contributed by atoms with van der Waals surface area (Å²) in [6, 6.07) is 17.2. The number of aryl methyl sites for hydroxylation is 1. The lowest BCUT2D eigenvalue weighted by Gasteiger charge is -2.03. The SMILES string of the molecule is CCCOc1ccc(/C=N\NC(=O)c2cc(-c3ccc(C)cc3)n[nH]2)cc1. The Kier molecular flexibility index (Phi) is 5.99. The van der Waals surface area contributed by atoms with Crippen LogP contribution in [0.25, 0.3) is 11.3 Å². The van der Waals surface area contributed by atoms with E-state index in [0.29, 0.717) is 18.0 Å². The van der Waals surface area contributed by atoms with Gasteiger partial charge in [-0.15, -0.1) is 0 Å². The first-order valence-corrected chi connectivity index (χ1v) is 8.84. The van der Waals surface area contributed by atoms with Crippen molar-refractivity contribution in [2.45, 2.75) is 20.3 Å². The fourth-order valence-electron chi connectivity index (χ4n) is 2.41. The Labute approximate surface area is 158 Å². The molecule has 1 amide bonds. The zero-order chi connectivity index (χ0) is 19.1. The van der Waals surface area contributed by atoms with E-state index in [2.05, 4.69) is 27.6 Å². The summed E-state index contributed by atoms with van der Waals surface area (Å²) in [4.78, 5) is 12.2. The molecule has 2 N–H and O–H groups in total. The Morgan fingerprint density at radius 3 is 2.63 bits per heavy atom. The predicted octanol–water partition coefficient (Wildman–Crippen LogP) is 3.94. The third kappa shape index (κ3) is 5.04. The number of nitrogens with one attached hydrogen (secondary N) is 2. The summed E-state index contributed by atoms with van der Waals surface area (Å²) in [5.74, 6) is 0.471. The Hall–Kier alpha value is -3.41. The van der Waals surface area contributed by atoms with Crippen LogP contribution >= 0.6 is 0 Å². The molecule has 0 radical (unpaired) electrons. The first kappa shape index (κ1) is 18.4. The van der Waals surface area contributed by atoms with Crippen LogP contribution in [0.4, 0.5) is 0 Å². The number of amides is 1. The Balaban J connectivity index is 1.57. The summed E-state index contributed by atoms with van der Waals surface area (Å²) in [5, 5.41) is 10.9. The first-order valence-electron chi connectivity index (χ1n) is 8.84. The number of aromatic nitrogens is 2. The standard InChI is InChI=1S/C21H22N4O2/c1-3-12-27-18-10-6-16(7-11-18)14-22-25-21(26)20-13-19(23-24-20)17-8-4-15(2)5-9-17/h4-11,13-14H,3,12H2,1-2H3,(H,23,24)(H,25,26)/b22-14-. The van der Waals surface area contributed by atoms with E-state index in [1.54, 1.807) is 12.3 Å². The minimum Gasteiger partial charge on any atom is -0.494 e. The highest BCUT2D eigenvalue weighted by Gasteiger charge is 2.10. The van der Waals surface area contributed by atoms with Gasteiger partial charge in [-0.05, 0) is 49.2 Å². The van der Waals surface area contributed by atoms with Gasteiger partial charge in [0.05, 0.1) is 18.5 Å². The minimum atomic E-state index is -0.347. The fraction of sp³-hybridized carbons (Fsp3) is 0.190. The number of hydrogen-bond donors (Lipinski definition) is 2. The van der Waals surface area contributed by atoms with Crippen molar-refractivity contribution in [2.24, 2.45) is 5.10 Å². The van der Waals surface area contributed by atoms with Crippen LogP contribution in [0.3, 0.4) is 0 Å². The number of rotatable bonds is 7. The topological polar surface area (TPSA) is 79.4 Å². The van der Waals surface area contributed by atoms with E-state index >= 15 is 0 Å². The number of ether oxygens (including phenoxy) is 1. The molecule has 3 aromatic rings. The van der Waals surface area contributed by atoms with Gasteiger partial charge in [0.1, 0.15) is 11.4 Å². The smallest absolute Gasteiger partial charge is 0.289 e. The van der Waals surface area contributed by atoms with Crippen molar-refractivity contribution >= 4 is 12.1 Å². The summed E-state index contributed by atoms with van der Waals surface area (Å²) in [5.41, 5.74) is 6.55. The van der Waals surface area contributed by atoms with Gasteiger partial charge < -0.3 is 4.74 Å².